The number of fused-ring (bicyclic) bond motifs is 2. The number of rotatable bonds is 2. The first kappa shape index (κ1) is 15.2. The van der Waals surface area contributed by atoms with E-state index in [4.69, 9.17) is 0 Å². The van der Waals surface area contributed by atoms with Crippen molar-refractivity contribution in [2.45, 2.75) is 60.8 Å². The molecule has 0 aromatic heterocycles. The Morgan fingerprint density at radius 1 is 1.10 bits per heavy atom. The molecule has 0 saturated carbocycles. The fourth-order valence-electron chi connectivity index (χ4n) is 3.55. The molecule has 2 heterocycles. The van der Waals surface area contributed by atoms with Gasteiger partial charge >= 0.3 is 6.18 Å². The van der Waals surface area contributed by atoms with Crippen LogP contribution in [0.25, 0.3) is 0 Å². The molecule has 116 valence electrons. The molecule has 2 bridgehead atoms. The van der Waals surface area contributed by atoms with Crippen molar-refractivity contribution in [3.8, 4) is 0 Å². The zero-order valence-corrected chi connectivity index (χ0v) is 12.5. The van der Waals surface area contributed by atoms with Gasteiger partial charge in [-0.2, -0.15) is 24.9 Å². The number of aliphatic hydroxyl groups is 1. The van der Waals surface area contributed by atoms with Crippen molar-refractivity contribution in [2.24, 2.45) is 0 Å². The Labute approximate surface area is 126 Å². The molecule has 1 N–H and O–H groups in total. The van der Waals surface area contributed by atoms with E-state index in [-0.39, 0.29) is 0 Å². The standard InChI is InChI=1S/C16H19F3OS/c17-16(18,19)12-6-4-11(5-7-12)8-15(20)9-13-2-1-3-14(10-15)21-13/h4-7,13-14,20H,1-3,8-10H2. The summed E-state index contributed by atoms with van der Waals surface area (Å²) in [6.07, 6.45) is 1.21. The topological polar surface area (TPSA) is 20.2 Å². The third-order valence-electron chi connectivity index (χ3n) is 4.47. The monoisotopic (exact) mass is 316 g/mol. The highest BCUT2D eigenvalue weighted by Gasteiger charge is 2.41. The van der Waals surface area contributed by atoms with Crippen LogP contribution in [0.4, 0.5) is 13.2 Å². The van der Waals surface area contributed by atoms with Crippen molar-refractivity contribution in [2.75, 3.05) is 0 Å². The van der Waals surface area contributed by atoms with Crippen LogP contribution in [0.15, 0.2) is 24.3 Å². The third-order valence-corrected chi connectivity index (χ3v) is 6.04. The van der Waals surface area contributed by atoms with Crippen LogP contribution >= 0.6 is 11.8 Å². The zero-order valence-electron chi connectivity index (χ0n) is 11.7. The van der Waals surface area contributed by atoms with E-state index in [0.717, 1.165) is 43.4 Å². The molecule has 2 saturated heterocycles. The van der Waals surface area contributed by atoms with E-state index in [1.165, 1.54) is 18.6 Å². The van der Waals surface area contributed by atoms with Gasteiger partial charge in [-0.1, -0.05) is 18.6 Å². The van der Waals surface area contributed by atoms with Crippen LogP contribution in [0.5, 0.6) is 0 Å². The van der Waals surface area contributed by atoms with Gasteiger partial charge in [0.1, 0.15) is 0 Å². The highest BCUT2D eigenvalue weighted by molar-refractivity contribution is 8.00. The lowest BCUT2D eigenvalue weighted by Gasteiger charge is -2.44. The van der Waals surface area contributed by atoms with Gasteiger partial charge in [0.25, 0.3) is 0 Å². The van der Waals surface area contributed by atoms with Gasteiger partial charge in [0.05, 0.1) is 11.2 Å². The minimum atomic E-state index is -4.30. The second-order valence-corrected chi connectivity index (χ2v) is 7.92. The maximum Gasteiger partial charge on any atom is 0.416 e. The van der Waals surface area contributed by atoms with Crippen molar-refractivity contribution in [3.63, 3.8) is 0 Å². The number of halogens is 3. The van der Waals surface area contributed by atoms with Gasteiger partial charge in [-0.15, -0.1) is 0 Å². The van der Waals surface area contributed by atoms with Crippen LogP contribution in [0.2, 0.25) is 0 Å². The van der Waals surface area contributed by atoms with Crippen molar-refractivity contribution < 1.29 is 18.3 Å². The highest BCUT2D eigenvalue weighted by atomic mass is 32.2. The molecule has 0 radical (unpaired) electrons. The van der Waals surface area contributed by atoms with Crippen LogP contribution in [-0.4, -0.2) is 21.2 Å². The summed E-state index contributed by atoms with van der Waals surface area (Å²) in [4.78, 5) is 0. The molecule has 2 fully saturated rings. The Balaban J connectivity index is 1.71. The first-order valence-corrected chi connectivity index (χ1v) is 8.32. The summed E-state index contributed by atoms with van der Waals surface area (Å²) in [7, 11) is 0. The van der Waals surface area contributed by atoms with Crippen molar-refractivity contribution in [1.29, 1.82) is 0 Å². The predicted molar refractivity (Wildman–Crippen MR) is 78.3 cm³/mol. The number of hydrogen-bond donors (Lipinski definition) is 1. The van der Waals surface area contributed by atoms with Gasteiger partial charge in [0, 0.05) is 16.9 Å². The molecule has 0 aliphatic carbocycles. The molecule has 2 atom stereocenters. The fourth-order valence-corrected chi connectivity index (χ4v) is 5.51. The molecule has 0 amide bonds. The van der Waals surface area contributed by atoms with E-state index >= 15 is 0 Å². The van der Waals surface area contributed by atoms with E-state index in [0.29, 0.717) is 16.9 Å². The number of alkyl halides is 3. The Bertz CT molecular complexity index is 485. The van der Waals surface area contributed by atoms with E-state index in [2.05, 4.69) is 0 Å². The molecule has 1 nitrogen and oxygen atoms in total. The van der Waals surface area contributed by atoms with E-state index < -0.39 is 17.3 Å². The van der Waals surface area contributed by atoms with Crippen LogP contribution in [0.3, 0.4) is 0 Å². The first-order valence-electron chi connectivity index (χ1n) is 7.38. The molecule has 2 aliphatic rings. The van der Waals surface area contributed by atoms with Crippen molar-refractivity contribution in [3.05, 3.63) is 35.4 Å². The first-order chi connectivity index (χ1) is 9.84. The average Bonchev–Trinajstić information content (AvgIpc) is 2.37. The average molecular weight is 316 g/mol. The maximum atomic E-state index is 12.6. The second kappa shape index (κ2) is 5.51. The summed E-state index contributed by atoms with van der Waals surface area (Å²) in [6, 6.07) is 5.21. The van der Waals surface area contributed by atoms with Gasteiger partial charge in [0.15, 0.2) is 0 Å². The molecule has 1 aromatic carbocycles. The predicted octanol–water partition coefficient (Wildman–Crippen LogP) is 4.43. The molecule has 0 spiro atoms. The molecule has 1 aromatic rings. The molecule has 3 rings (SSSR count). The van der Waals surface area contributed by atoms with Gasteiger partial charge < -0.3 is 5.11 Å². The molecular weight excluding hydrogens is 297 g/mol. The summed E-state index contributed by atoms with van der Waals surface area (Å²) < 4.78 is 37.7. The normalized spacial score (nSPS) is 33.0. The van der Waals surface area contributed by atoms with E-state index in [9.17, 15) is 18.3 Å². The maximum absolute atomic E-state index is 12.6. The van der Waals surface area contributed by atoms with Gasteiger partial charge in [0.2, 0.25) is 0 Å². The van der Waals surface area contributed by atoms with Gasteiger partial charge in [-0.05, 0) is 43.4 Å². The summed E-state index contributed by atoms with van der Waals surface area (Å²) in [6.45, 7) is 0. The summed E-state index contributed by atoms with van der Waals surface area (Å²) in [5.74, 6) is 0. The van der Waals surface area contributed by atoms with E-state index in [1.807, 2.05) is 11.8 Å². The number of benzene rings is 1. The molecule has 21 heavy (non-hydrogen) atoms. The lowest BCUT2D eigenvalue weighted by molar-refractivity contribution is -0.137. The fraction of sp³-hybridized carbons (Fsp3) is 0.625. The Kier molecular flexibility index (Phi) is 3.99. The molecule has 2 unspecified atom stereocenters. The molecule has 5 heteroatoms. The molecule has 2 aliphatic heterocycles. The Morgan fingerprint density at radius 2 is 1.67 bits per heavy atom. The van der Waals surface area contributed by atoms with Crippen LogP contribution in [-0.2, 0) is 12.6 Å². The largest absolute Gasteiger partial charge is 0.416 e. The third kappa shape index (κ3) is 3.57. The quantitative estimate of drug-likeness (QED) is 0.871. The summed E-state index contributed by atoms with van der Waals surface area (Å²) in [5.41, 5.74) is -0.592. The van der Waals surface area contributed by atoms with Gasteiger partial charge in [-0.25, -0.2) is 0 Å². The lowest BCUT2D eigenvalue weighted by Crippen LogP contribution is -2.44. The number of thioether (sulfide) groups is 1. The summed E-state index contributed by atoms with van der Waals surface area (Å²) in [5, 5.41) is 11.8. The zero-order chi connectivity index (χ0) is 15.1. The van der Waals surface area contributed by atoms with Crippen LogP contribution in [0, 0.1) is 0 Å². The smallest absolute Gasteiger partial charge is 0.389 e. The summed E-state index contributed by atoms with van der Waals surface area (Å²) >= 11 is 1.98. The Hall–Kier alpha value is -0.680. The number of hydrogen-bond acceptors (Lipinski definition) is 2. The van der Waals surface area contributed by atoms with E-state index in [1.54, 1.807) is 0 Å². The molecular formula is C16H19F3OS. The Morgan fingerprint density at radius 3 is 2.19 bits per heavy atom. The minimum Gasteiger partial charge on any atom is -0.389 e. The van der Waals surface area contributed by atoms with Crippen molar-refractivity contribution >= 4 is 11.8 Å². The second-order valence-electron chi connectivity index (χ2n) is 6.32. The van der Waals surface area contributed by atoms with Gasteiger partial charge in [-0.3, -0.25) is 0 Å². The highest BCUT2D eigenvalue weighted by Crippen LogP contribution is 2.46. The lowest BCUT2D eigenvalue weighted by atomic mass is 9.81. The SMILES string of the molecule is OC1(Cc2ccc(C(F)(F)F)cc2)CC2CCCC(C1)S2. The van der Waals surface area contributed by atoms with Crippen molar-refractivity contribution in [1.82, 2.24) is 0 Å². The van der Waals surface area contributed by atoms with Crippen LogP contribution < -0.4 is 0 Å². The van der Waals surface area contributed by atoms with Crippen LogP contribution in [0.1, 0.15) is 43.2 Å². The minimum absolute atomic E-state index is 0.457.